The molecule has 1 atom stereocenters. The lowest BCUT2D eigenvalue weighted by Crippen LogP contribution is -2.36. The van der Waals surface area contributed by atoms with Crippen LogP contribution in [0, 0.1) is 32.6 Å². The Morgan fingerprint density at radius 3 is 2.41 bits per heavy atom. The Morgan fingerprint density at radius 2 is 1.82 bits per heavy atom. The molecule has 1 unspecified atom stereocenters. The zero-order valence-electron chi connectivity index (χ0n) is 14.4. The van der Waals surface area contributed by atoms with Gasteiger partial charge in [-0.3, -0.25) is 4.79 Å². The molecular formula is C19H29NO2. The summed E-state index contributed by atoms with van der Waals surface area (Å²) in [5.41, 5.74) is 5.31. The van der Waals surface area contributed by atoms with Crippen LogP contribution in [0.15, 0.2) is 12.1 Å². The fraction of sp³-hybridized carbons (Fsp3) is 0.632. The van der Waals surface area contributed by atoms with Crippen LogP contribution in [-0.2, 0) is 16.0 Å². The first-order valence-corrected chi connectivity index (χ1v) is 8.41. The van der Waals surface area contributed by atoms with Gasteiger partial charge in [0, 0.05) is 25.7 Å². The van der Waals surface area contributed by atoms with E-state index in [1.807, 2.05) is 6.92 Å². The van der Waals surface area contributed by atoms with Gasteiger partial charge in [-0.2, -0.15) is 0 Å². The summed E-state index contributed by atoms with van der Waals surface area (Å²) < 4.78 is 5.37. The highest BCUT2D eigenvalue weighted by Gasteiger charge is 2.25. The van der Waals surface area contributed by atoms with Crippen LogP contribution >= 0.6 is 0 Å². The fourth-order valence-electron chi connectivity index (χ4n) is 3.51. The highest BCUT2D eigenvalue weighted by molar-refractivity contribution is 5.78. The maximum absolute atomic E-state index is 12.3. The van der Waals surface area contributed by atoms with Crippen molar-refractivity contribution in [3.05, 3.63) is 34.4 Å². The van der Waals surface area contributed by atoms with Crippen LogP contribution in [0.5, 0.6) is 0 Å². The molecule has 1 saturated heterocycles. The number of benzene rings is 1. The highest BCUT2D eigenvalue weighted by atomic mass is 16.5. The SMILES string of the molecule is Cc1cc(C)c(CCNC(=O)C(C)C2CCOCC2)c(C)c1. The molecule has 1 aromatic carbocycles. The molecule has 22 heavy (non-hydrogen) atoms. The quantitative estimate of drug-likeness (QED) is 0.906. The summed E-state index contributed by atoms with van der Waals surface area (Å²) in [4.78, 5) is 12.3. The first-order valence-electron chi connectivity index (χ1n) is 8.41. The average molecular weight is 303 g/mol. The van der Waals surface area contributed by atoms with Gasteiger partial charge in [0.25, 0.3) is 0 Å². The molecule has 1 aliphatic heterocycles. The second kappa shape index (κ2) is 7.77. The number of carbonyl (C=O) groups is 1. The van der Waals surface area contributed by atoms with E-state index in [0.29, 0.717) is 5.92 Å². The molecule has 3 heteroatoms. The zero-order chi connectivity index (χ0) is 16.1. The average Bonchev–Trinajstić information content (AvgIpc) is 2.49. The van der Waals surface area contributed by atoms with Gasteiger partial charge >= 0.3 is 0 Å². The lowest BCUT2D eigenvalue weighted by atomic mass is 9.86. The van der Waals surface area contributed by atoms with Crippen LogP contribution in [0.25, 0.3) is 0 Å². The number of aryl methyl sites for hydroxylation is 3. The summed E-state index contributed by atoms with van der Waals surface area (Å²) in [6.07, 6.45) is 2.92. The molecule has 0 aliphatic carbocycles. The van der Waals surface area contributed by atoms with Gasteiger partial charge in [-0.1, -0.05) is 24.6 Å². The van der Waals surface area contributed by atoms with E-state index in [2.05, 4.69) is 38.2 Å². The van der Waals surface area contributed by atoms with Crippen molar-refractivity contribution in [2.75, 3.05) is 19.8 Å². The number of hydrogen-bond acceptors (Lipinski definition) is 2. The Labute approximate surface area is 134 Å². The summed E-state index contributed by atoms with van der Waals surface area (Å²) >= 11 is 0. The maximum Gasteiger partial charge on any atom is 0.223 e. The van der Waals surface area contributed by atoms with E-state index in [4.69, 9.17) is 4.74 Å². The summed E-state index contributed by atoms with van der Waals surface area (Å²) in [5.74, 6) is 0.745. The molecule has 0 saturated carbocycles. The van der Waals surface area contributed by atoms with E-state index in [1.165, 1.54) is 22.3 Å². The van der Waals surface area contributed by atoms with E-state index in [-0.39, 0.29) is 11.8 Å². The van der Waals surface area contributed by atoms with Crippen LogP contribution in [0.3, 0.4) is 0 Å². The van der Waals surface area contributed by atoms with Crippen molar-refractivity contribution in [3.8, 4) is 0 Å². The molecule has 1 aliphatic rings. The standard InChI is InChI=1S/C19H29NO2/c1-13-11-14(2)18(15(3)12-13)5-8-20-19(21)16(4)17-6-9-22-10-7-17/h11-12,16-17H,5-10H2,1-4H3,(H,20,21). The normalized spacial score (nSPS) is 17.3. The molecule has 1 amide bonds. The number of rotatable bonds is 5. The Balaban J connectivity index is 1.84. The van der Waals surface area contributed by atoms with Crippen molar-refractivity contribution in [2.24, 2.45) is 11.8 Å². The maximum atomic E-state index is 12.3. The minimum Gasteiger partial charge on any atom is -0.381 e. The second-order valence-electron chi connectivity index (χ2n) is 6.66. The van der Waals surface area contributed by atoms with Crippen molar-refractivity contribution in [1.29, 1.82) is 0 Å². The zero-order valence-corrected chi connectivity index (χ0v) is 14.4. The van der Waals surface area contributed by atoms with Gasteiger partial charge in [0.2, 0.25) is 5.91 Å². The van der Waals surface area contributed by atoms with Crippen LogP contribution < -0.4 is 5.32 Å². The molecule has 0 aromatic heterocycles. The van der Waals surface area contributed by atoms with Gasteiger partial charge in [-0.15, -0.1) is 0 Å². The Morgan fingerprint density at radius 1 is 1.23 bits per heavy atom. The molecule has 1 fully saturated rings. The number of ether oxygens (including phenoxy) is 1. The topological polar surface area (TPSA) is 38.3 Å². The lowest BCUT2D eigenvalue weighted by Gasteiger charge is -2.27. The molecule has 122 valence electrons. The third-order valence-corrected chi connectivity index (χ3v) is 4.90. The fourth-order valence-corrected chi connectivity index (χ4v) is 3.51. The molecule has 2 rings (SSSR count). The molecule has 3 nitrogen and oxygen atoms in total. The van der Waals surface area contributed by atoms with E-state index in [9.17, 15) is 4.79 Å². The number of amides is 1. The second-order valence-corrected chi connectivity index (χ2v) is 6.66. The van der Waals surface area contributed by atoms with E-state index in [0.717, 1.165) is 39.0 Å². The lowest BCUT2D eigenvalue weighted by molar-refractivity contribution is -0.127. The van der Waals surface area contributed by atoms with E-state index in [1.54, 1.807) is 0 Å². The molecule has 1 aromatic rings. The molecular weight excluding hydrogens is 274 g/mol. The van der Waals surface area contributed by atoms with Gasteiger partial charge in [0.1, 0.15) is 0 Å². The van der Waals surface area contributed by atoms with Crippen LogP contribution in [0.4, 0.5) is 0 Å². The monoisotopic (exact) mass is 303 g/mol. The molecule has 1 heterocycles. The minimum atomic E-state index is 0.0871. The first-order chi connectivity index (χ1) is 10.5. The number of carbonyl (C=O) groups excluding carboxylic acids is 1. The molecule has 0 spiro atoms. The Hall–Kier alpha value is -1.35. The predicted octanol–water partition coefficient (Wildman–Crippen LogP) is 3.33. The van der Waals surface area contributed by atoms with Crippen LogP contribution in [0.2, 0.25) is 0 Å². The third-order valence-electron chi connectivity index (χ3n) is 4.90. The van der Waals surface area contributed by atoms with E-state index >= 15 is 0 Å². The first kappa shape index (κ1) is 17.0. The molecule has 0 radical (unpaired) electrons. The Kier molecular flexibility index (Phi) is 6.01. The summed E-state index contributed by atoms with van der Waals surface area (Å²) in [6, 6.07) is 4.43. The van der Waals surface area contributed by atoms with Gasteiger partial charge in [-0.05, 0) is 62.6 Å². The minimum absolute atomic E-state index is 0.0871. The number of nitrogens with one attached hydrogen (secondary N) is 1. The van der Waals surface area contributed by atoms with Gasteiger partial charge in [-0.25, -0.2) is 0 Å². The van der Waals surface area contributed by atoms with E-state index < -0.39 is 0 Å². The van der Waals surface area contributed by atoms with Crippen molar-refractivity contribution in [1.82, 2.24) is 5.32 Å². The van der Waals surface area contributed by atoms with Gasteiger partial charge in [0.05, 0.1) is 0 Å². The van der Waals surface area contributed by atoms with Crippen molar-refractivity contribution in [2.45, 2.75) is 47.0 Å². The van der Waals surface area contributed by atoms with Crippen LogP contribution in [-0.4, -0.2) is 25.7 Å². The van der Waals surface area contributed by atoms with Gasteiger partial charge in [0.15, 0.2) is 0 Å². The van der Waals surface area contributed by atoms with Crippen molar-refractivity contribution >= 4 is 5.91 Å². The van der Waals surface area contributed by atoms with Crippen LogP contribution in [0.1, 0.15) is 42.0 Å². The largest absolute Gasteiger partial charge is 0.381 e. The van der Waals surface area contributed by atoms with Crippen molar-refractivity contribution < 1.29 is 9.53 Å². The molecule has 0 bridgehead atoms. The number of hydrogen-bond donors (Lipinski definition) is 1. The predicted molar refractivity (Wildman–Crippen MR) is 90.1 cm³/mol. The van der Waals surface area contributed by atoms with Crippen molar-refractivity contribution in [3.63, 3.8) is 0 Å². The summed E-state index contributed by atoms with van der Waals surface area (Å²) in [7, 11) is 0. The van der Waals surface area contributed by atoms with Gasteiger partial charge < -0.3 is 10.1 Å². The summed E-state index contributed by atoms with van der Waals surface area (Å²) in [6.45, 7) is 10.8. The third kappa shape index (κ3) is 4.33. The smallest absolute Gasteiger partial charge is 0.223 e. The Bertz CT molecular complexity index is 495. The highest BCUT2D eigenvalue weighted by Crippen LogP contribution is 2.23. The summed E-state index contributed by atoms with van der Waals surface area (Å²) in [5, 5.41) is 3.12. The molecule has 1 N–H and O–H groups in total.